The Hall–Kier alpha value is -1.98. The molecule has 1 aromatic heterocycles. The molecule has 132 valence electrons. The number of aryl methyl sites for hydroxylation is 1. The summed E-state index contributed by atoms with van der Waals surface area (Å²) in [6, 6.07) is 10.0. The van der Waals surface area contributed by atoms with Gasteiger partial charge in [-0.25, -0.2) is 0 Å². The molecule has 5 nitrogen and oxygen atoms in total. The number of nitrogens with one attached hydrogen (secondary N) is 1. The van der Waals surface area contributed by atoms with Crippen molar-refractivity contribution in [2.45, 2.75) is 44.2 Å². The van der Waals surface area contributed by atoms with E-state index in [0.717, 1.165) is 41.5 Å². The lowest BCUT2D eigenvalue weighted by atomic mass is 9.83. The normalized spacial score (nSPS) is 23.1. The van der Waals surface area contributed by atoms with Crippen molar-refractivity contribution in [3.63, 3.8) is 0 Å². The van der Waals surface area contributed by atoms with Crippen LogP contribution >= 0.6 is 0 Å². The Morgan fingerprint density at radius 2 is 2.08 bits per heavy atom. The second kappa shape index (κ2) is 6.39. The van der Waals surface area contributed by atoms with Crippen molar-refractivity contribution in [2.24, 2.45) is 0 Å². The molecular weight excluding hydrogens is 314 g/mol. The Kier molecular flexibility index (Phi) is 4.21. The van der Waals surface area contributed by atoms with Crippen LogP contribution in [-0.4, -0.2) is 46.6 Å². The minimum absolute atomic E-state index is 0.0267. The van der Waals surface area contributed by atoms with E-state index in [0.29, 0.717) is 25.9 Å². The van der Waals surface area contributed by atoms with Crippen LogP contribution in [0.5, 0.6) is 0 Å². The number of rotatable bonds is 2. The average Bonchev–Trinajstić information content (AvgIpc) is 3.16. The smallest absolute Gasteiger partial charge is 0.239 e. The molecule has 0 bridgehead atoms. The Bertz CT molecular complexity index is 791. The van der Waals surface area contributed by atoms with E-state index in [1.54, 1.807) is 0 Å². The third-order valence-electron chi connectivity index (χ3n) is 5.63. The van der Waals surface area contributed by atoms with Gasteiger partial charge in [-0.15, -0.1) is 0 Å². The van der Waals surface area contributed by atoms with Gasteiger partial charge in [0.1, 0.15) is 0 Å². The monoisotopic (exact) mass is 339 g/mol. The lowest BCUT2D eigenvalue weighted by molar-refractivity contribution is -0.137. The molecule has 0 radical (unpaired) electrons. The van der Waals surface area contributed by atoms with Crippen molar-refractivity contribution in [1.29, 1.82) is 0 Å². The lowest BCUT2D eigenvalue weighted by Gasteiger charge is -2.39. The summed E-state index contributed by atoms with van der Waals surface area (Å²) < 4.78 is 0. The Labute approximate surface area is 148 Å². The molecule has 3 heterocycles. The van der Waals surface area contributed by atoms with Gasteiger partial charge in [0.15, 0.2) is 0 Å². The van der Waals surface area contributed by atoms with E-state index in [2.05, 4.69) is 16.4 Å². The van der Waals surface area contributed by atoms with Gasteiger partial charge in [0, 0.05) is 24.2 Å². The zero-order valence-corrected chi connectivity index (χ0v) is 14.7. The molecule has 2 saturated heterocycles. The number of carbonyl (C=O) groups is 1. The molecule has 25 heavy (non-hydrogen) atoms. The number of likely N-dealkylation sites (tertiary alicyclic amines) is 1. The first-order valence-electron chi connectivity index (χ1n) is 9.18. The number of piperidine rings is 1. The molecule has 2 N–H and O–H groups in total. The van der Waals surface area contributed by atoms with Crippen molar-refractivity contribution in [3.05, 3.63) is 41.6 Å². The Morgan fingerprint density at radius 3 is 2.80 bits per heavy atom. The van der Waals surface area contributed by atoms with Crippen molar-refractivity contribution in [2.75, 3.05) is 19.6 Å². The van der Waals surface area contributed by atoms with Gasteiger partial charge in [-0.1, -0.05) is 12.1 Å². The highest BCUT2D eigenvalue weighted by molar-refractivity contribution is 5.82. The fourth-order valence-corrected chi connectivity index (χ4v) is 4.02. The van der Waals surface area contributed by atoms with E-state index in [4.69, 9.17) is 0 Å². The fraction of sp³-hybridized carbons (Fsp3) is 0.500. The van der Waals surface area contributed by atoms with Crippen LogP contribution in [0.3, 0.4) is 0 Å². The summed E-state index contributed by atoms with van der Waals surface area (Å²) in [6.07, 6.45) is 3.15. The predicted molar refractivity (Wildman–Crippen MR) is 97.2 cm³/mol. The first-order chi connectivity index (χ1) is 12.0. The van der Waals surface area contributed by atoms with Gasteiger partial charge >= 0.3 is 0 Å². The molecule has 5 heteroatoms. The van der Waals surface area contributed by atoms with Gasteiger partial charge in [0.2, 0.25) is 5.91 Å². The van der Waals surface area contributed by atoms with Crippen LogP contribution in [0.25, 0.3) is 10.9 Å². The molecule has 2 aromatic rings. The quantitative estimate of drug-likeness (QED) is 0.879. The Morgan fingerprint density at radius 1 is 1.28 bits per heavy atom. The van der Waals surface area contributed by atoms with Gasteiger partial charge in [0.25, 0.3) is 0 Å². The van der Waals surface area contributed by atoms with Crippen molar-refractivity contribution in [3.8, 4) is 0 Å². The molecule has 0 spiro atoms. The van der Waals surface area contributed by atoms with Gasteiger partial charge < -0.3 is 15.3 Å². The SMILES string of the molecule is Cc1ccc2cc(C3(O)CCN(C(=O)[C@H]4CCCN4)CC3)ccc2n1. The van der Waals surface area contributed by atoms with Gasteiger partial charge in [-0.3, -0.25) is 9.78 Å². The maximum absolute atomic E-state index is 12.5. The van der Waals surface area contributed by atoms with Crippen LogP contribution in [0.15, 0.2) is 30.3 Å². The number of aromatic nitrogens is 1. The number of aliphatic hydroxyl groups is 1. The molecule has 1 aromatic carbocycles. The van der Waals surface area contributed by atoms with Crippen LogP contribution in [0, 0.1) is 6.92 Å². The minimum Gasteiger partial charge on any atom is -0.385 e. The van der Waals surface area contributed by atoms with E-state index in [1.165, 1.54) is 0 Å². The average molecular weight is 339 g/mol. The number of nitrogens with zero attached hydrogens (tertiary/aromatic N) is 2. The van der Waals surface area contributed by atoms with Gasteiger partial charge in [-0.2, -0.15) is 0 Å². The first-order valence-corrected chi connectivity index (χ1v) is 9.18. The summed E-state index contributed by atoms with van der Waals surface area (Å²) in [5.41, 5.74) is 2.01. The Balaban J connectivity index is 1.50. The highest BCUT2D eigenvalue weighted by atomic mass is 16.3. The number of fused-ring (bicyclic) bond motifs is 1. The summed E-state index contributed by atoms with van der Waals surface area (Å²) in [5, 5.41) is 15.5. The number of hydrogen-bond acceptors (Lipinski definition) is 4. The number of amides is 1. The summed E-state index contributed by atoms with van der Waals surface area (Å²) in [7, 11) is 0. The number of pyridine rings is 1. The fourth-order valence-electron chi connectivity index (χ4n) is 4.02. The molecule has 0 aliphatic carbocycles. The largest absolute Gasteiger partial charge is 0.385 e. The number of hydrogen-bond donors (Lipinski definition) is 2. The maximum atomic E-state index is 12.5. The second-order valence-corrected chi connectivity index (χ2v) is 7.37. The van der Waals surface area contributed by atoms with Crippen LogP contribution in [-0.2, 0) is 10.4 Å². The molecular formula is C20H25N3O2. The van der Waals surface area contributed by atoms with E-state index in [-0.39, 0.29) is 11.9 Å². The number of benzene rings is 1. The molecule has 1 amide bonds. The van der Waals surface area contributed by atoms with Gasteiger partial charge in [0.05, 0.1) is 17.2 Å². The van der Waals surface area contributed by atoms with E-state index in [9.17, 15) is 9.90 Å². The van der Waals surface area contributed by atoms with Crippen LogP contribution < -0.4 is 5.32 Å². The van der Waals surface area contributed by atoms with Crippen molar-refractivity contribution in [1.82, 2.24) is 15.2 Å². The van der Waals surface area contributed by atoms with Crippen LogP contribution in [0.4, 0.5) is 0 Å². The van der Waals surface area contributed by atoms with Crippen molar-refractivity contribution >= 4 is 16.8 Å². The van der Waals surface area contributed by atoms with Crippen molar-refractivity contribution < 1.29 is 9.90 Å². The maximum Gasteiger partial charge on any atom is 0.239 e. The zero-order valence-electron chi connectivity index (χ0n) is 14.7. The minimum atomic E-state index is -0.862. The van der Waals surface area contributed by atoms with E-state index < -0.39 is 5.60 Å². The molecule has 4 rings (SSSR count). The summed E-state index contributed by atoms with van der Waals surface area (Å²) in [6.45, 7) is 4.13. The predicted octanol–water partition coefficient (Wildman–Crippen LogP) is 2.11. The molecule has 2 aliphatic rings. The third kappa shape index (κ3) is 3.14. The third-order valence-corrected chi connectivity index (χ3v) is 5.63. The molecule has 1 atom stereocenters. The highest BCUT2D eigenvalue weighted by Gasteiger charge is 2.37. The molecule has 2 aliphatic heterocycles. The molecule has 0 unspecified atom stereocenters. The van der Waals surface area contributed by atoms with Gasteiger partial charge in [-0.05, 0) is 62.9 Å². The number of carbonyl (C=O) groups excluding carboxylic acids is 1. The summed E-state index contributed by atoms with van der Waals surface area (Å²) in [4.78, 5) is 19.0. The van der Waals surface area contributed by atoms with Crippen LogP contribution in [0.2, 0.25) is 0 Å². The topological polar surface area (TPSA) is 65.5 Å². The van der Waals surface area contributed by atoms with E-state index in [1.807, 2.05) is 36.1 Å². The lowest BCUT2D eigenvalue weighted by Crippen LogP contribution is -2.50. The zero-order chi connectivity index (χ0) is 17.4. The van der Waals surface area contributed by atoms with E-state index >= 15 is 0 Å². The first kappa shape index (κ1) is 16.5. The van der Waals surface area contributed by atoms with Crippen LogP contribution in [0.1, 0.15) is 36.9 Å². The summed E-state index contributed by atoms with van der Waals surface area (Å²) in [5.74, 6) is 0.192. The molecule has 0 saturated carbocycles. The summed E-state index contributed by atoms with van der Waals surface area (Å²) >= 11 is 0. The second-order valence-electron chi connectivity index (χ2n) is 7.37. The standard InChI is InChI=1S/C20H25N3O2/c1-14-4-5-15-13-16(6-7-17(15)22-14)20(25)8-11-23(12-9-20)19(24)18-3-2-10-21-18/h4-7,13,18,21,25H,2-3,8-12H2,1H3/t18-/m1/s1. The highest BCUT2D eigenvalue weighted by Crippen LogP contribution is 2.34. The molecule has 2 fully saturated rings.